The van der Waals surface area contributed by atoms with Crippen LogP contribution in [0.1, 0.15) is 40.5 Å². The normalized spacial score (nSPS) is 28.6. The Balaban J connectivity index is 3.52. The molecule has 1 rings (SSSR count). The monoisotopic (exact) mass is 262 g/mol. The third-order valence-electron chi connectivity index (χ3n) is 3.64. The Morgan fingerprint density at radius 2 is 1.94 bits per heavy atom. The van der Waals surface area contributed by atoms with Gasteiger partial charge < -0.3 is 0 Å². The minimum Gasteiger partial charge on any atom is -0.285 e. The van der Waals surface area contributed by atoms with E-state index in [1.165, 1.54) is 26.0 Å². The zero-order valence-electron chi connectivity index (χ0n) is 10.6. The van der Waals surface area contributed by atoms with Gasteiger partial charge in [0, 0.05) is 5.41 Å². The molecule has 1 unspecified atom stereocenters. The minimum absolute atomic E-state index is 0.191. The number of hydrogen-bond acceptors (Lipinski definition) is 2. The zero-order chi connectivity index (χ0) is 13.5. The van der Waals surface area contributed by atoms with Gasteiger partial charge in [0.05, 0.1) is 0 Å². The van der Waals surface area contributed by atoms with Crippen LogP contribution >= 0.6 is 0 Å². The van der Waals surface area contributed by atoms with Crippen molar-refractivity contribution in [2.45, 2.75) is 45.3 Å². The van der Waals surface area contributed by atoms with E-state index in [1.54, 1.807) is 13.8 Å². The highest BCUT2D eigenvalue weighted by Crippen LogP contribution is 2.51. The van der Waals surface area contributed by atoms with Gasteiger partial charge in [-0.1, -0.05) is 39.3 Å². The third kappa shape index (κ3) is 1.95. The van der Waals surface area contributed by atoms with Crippen molar-refractivity contribution in [3.63, 3.8) is 0 Å². The van der Waals surface area contributed by atoms with Gasteiger partial charge in [0.15, 0.2) is 0 Å². The first-order valence-corrected chi connectivity index (χ1v) is 7.07. The van der Waals surface area contributed by atoms with Crippen molar-refractivity contribution >= 4 is 10.1 Å². The van der Waals surface area contributed by atoms with Gasteiger partial charge in [-0.05, 0) is 18.9 Å². The Morgan fingerprint density at radius 1 is 1.41 bits per heavy atom. The summed E-state index contributed by atoms with van der Waals surface area (Å²) < 4.78 is 45.4. The van der Waals surface area contributed by atoms with Crippen molar-refractivity contribution in [1.82, 2.24) is 0 Å². The summed E-state index contributed by atoms with van der Waals surface area (Å²) in [5.41, 5.74) is -0.847. The molecule has 1 aliphatic rings. The summed E-state index contributed by atoms with van der Waals surface area (Å²) >= 11 is 0. The zero-order valence-corrected chi connectivity index (χ0v) is 11.4. The first-order chi connectivity index (χ1) is 7.60. The molecule has 0 saturated carbocycles. The van der Waals surface area contributed by atoms with Crippen LogP contribution in [0.2, 0.25) is 0 Å². The van der Waals surface area contributed by atoms with Crippen LogP contribution in [0.25, 0.3) is 0 Å². The van der Waals surface area contributed by atoms with Crippen molar-refractivity contribution in [1.29, 1.82) is 0 Å². The molecule has 1 aliphatic carbocycles. The maximum absolute atomic E-state index is 14.2. The van der Waals surface area contributed by atoms with Gasteiger partial charge in [-0.15, -0.1) is 0 Å². The highest BCUT2D eigenvalue weighted by molar-refractivity contribution is 7.87. The molecule has 5 heteroatoms. The summed E-state index contributed by atoms with van der Waals surface area (Å²) in [6.45, 7) is 6.42. The molecule has 0 bridgehead atoms. The van der Waals surface area contributed by atoms with Gasteiger partial charge >= 0.3 is 0 Å². The molecule has 0 aromatic carbocycles. The van der Waals surface area contributed by atoms with Gasteiger partial charge in [-0.25, -0.2) is 4.39 Å². The molecule has 0 heterocycles. The molecule has 0 fully saturated rings. The van der Waals surface area contributed by atoms with Gasteiger partial charge in [-0.2, -0.15) is 8.42 Å². The van der Waals surface area contributed by atoms with E-state index in [0.29, 0.717) is 12.0 Å². The first kappa shape index (κ1) is 14.4. The Bertz CT molecular complexity index is 474. The Hall–Kier alpha value is -0.680. The lowest BCUT2D eigenvalue weighted by atomic mass is 9.70. The molecule has 3 nitrogen and oxygen atoms in total. The highest BCUT2D eigenvalue weighted by atomic mass is 32.2. The number of hydrogen-bond donors (Lipinski definition) is 1. The second-order valence-electron chi connectivity index (χ2n) is 5.07. The van der Waals surface area contributed by atoms with E-state index in [-0.39, 0.29) is 6.42 Å². The van der Waals surface area contributed by atoms with E-state index in [0.717, 1.165) is 0 Å². The van der Waals surface area contributed by atoms with Crippen LogP contribution in [0.15, 0.2) is 23.6 Å². The van der Waals surface area contributed by atoms with Crippen LogP contribution in [-0.2, 0) is 10.1 Å². The fourth-order valence-electron chi connectivity index (χ4n) is 2.52. The second-order valence-corrected chi connectivity index (χ2v) is 6.75. The number of rotatable bonds is 3. The summed E-state index contributed by atoms with van der Waals surface area (Å²) in [6.07, 6.45) is 3.59. The first-order valence-electron chi connectivity index (χ1n) is 5.63. The van der Waals surface area contributed by atoms with Crippen LogP contribution in [0.4, 0.5) is 4.39 Å². The standard InChI is InChI=1S/C12H19FO3S/c1-5-7-12(17(14,15)16)8-6-9(2)10(13)11(12,3)4/h6,8H,5,7H2,1-4H3,(H,14,15,16). The van der Waals surface area contributed by atoms with Crippen LogP contribution in [0.3, 0.4) is 0 Å². The molecule has 0 spiro atoms. The van der Waals surface area contributed by atoms with Crippen molar-refractivity contribution < 1.29 is 17.4 Å². The van der Waals surface area contributed by atoms with Crippen molar-refractivity contribution in [3.8, 4) is 0 Å². The highest BCUT2D eigenvalue weighted by Gasteiger charge is 2.56. The topological polar surface area (TPSA) is 54.4 Å². The molecule has 98 valence electrons. The van der Waals surface area contributed by atoms with Crippen molar-refractivity contribution in [3.05, 3.63) is 23.6 Å². The molecule has 1 atom stereocenters. The summed E-state index contributed by atoms with van der Waals surface area (Å²) in [4.78, 5) is 0. The molecular formula is C12H19FO3S. The molecule has 0 aromatic rings. The number of halogens is 1. The fraction of sp³-hybridized carbons (Fsp3) is 0.667. The molecule has 1 N–H and O–H groups in total. The van der Waals surface area contributed by atoms with Crippen molar-refractivity contribution in [2.75, 3.05) is 0 Å². The lowest BCUT2D eigenvalue weighted by Gasteiger charge is -2.43. The summed E-state index contributed by atoms with van der Waals surface area (Å²) in [6, 6.07) is 0. The quantitative estimate of drug-likeness (QED) is 0.794. The summed E-state index contributed by atoms with van der Waals surface area (Å²) in [5, 5.41) is 0. The van der Waals surface area contributed by atoms with Gasteiger partial charge in [0.25, 0.3) is 10.1 Å². The van der Waals surface area contributed by atoms with Gasteiger partial charge in [-0.3, -0.25) is 4.55 Å². The molecule has 0 radical (unpaired) electrons. The predicted octanol–water partition coefficient (Wildman–Crippen LogP) is 3.25. The third-order valence-corrected chi connectivity index (χ3v) is 5.41. The summed E-state index contributed by atoms with van der Waals surface area (Å²) in [5.74, 6) is -0.480. The van der Waals surface area contributed by atoms with E-state index < -0.39 is 26.1 Å². The van der Waals surface area contributed by atoms with E-state index in [2.05, 4.69) is 0 Å². The lowest BCUT2D eigenvalue weighted by Crippen LogP contribution is -2.51. The molecular weight excluding hydrogens is 243 g/mol. The van der Waals surface area contributed by atoms with Crippen LogP contribution in [0, 0.1) is 5.41 Å². The maximum Gasteiger partial charge on any atom is 0.275 e. The molecule has 0 saturated heterocycles. The van der Waals surface area contributed by atoms with Gasteiger partial charge in [0.2, 0.25) is 0 Å². The minimum atomic E-state index is -4.37. The van der Waals surface area contributed by atoms with E-state index in [4.69, 9.17) is 0 Å². The van der Waals surface area contributed by atoms with Crippen LogP contribution in [-0.4, -0.2) is 17.7 Å². The van der Waals surface area contributed by atoms with Crippen LogP contribution in [0.5, 0.6) is 0 Å². The molecule has 0 amide bonds. The lowest BCUT2D eigenvalue weighted by molar-refractivity contribution is 0.243. The van der Waals surface area contributed by atoms with E-state index in [9.17, 15) is 17.4 Å². The largest absolute Gasteiger partial charge is 0.285 e. The fourth-order valence-corrected chi connectivity index (χ4v) is 3.96. The SMILES string of the molecule is CCCC1(S(=O)(=O)O)C=CC(C)=C(F)C1(C)C. The van der Waals surface area contributed by atoms with Gasteiger partial charge in [0.1, 0.15) is 10.6 Å². The average molecular weight is 262 g/mol. The van der Waals surface area contributed by atoms with Crippen LogP contribution < -0.4 is 0 Å². The Kier molecular flexibility index (Phi) is 3.56. The van der Waals surface area contributed by atoms with E-state index >= 15 is 0 Å². The Labute approximate surface area is 102 Å². The molecule has 0 aliphatic heterocycles. The summed E-state index contributed by atoms with van der Waals surface area (Å²) in [7, 11) is -4.37. The van der Waals surface area contributed by atoms with E-state index in [1.807, 2.05) is 0 Å². The average Bonchev–Trinajstić information content (AvgIpc) is 2.18. The second kappa shape index (κ2) is 4.21. The van der Waals surface area contributed by atoms with Crippen molar-refractivity contribution in [2.24, 2.45) is 5.41 Å². The molecule has 17 heavy (non-hydrogen) atoms. The predicted molar refractivity (Wildman–Crippen MR) is 65.9 cm³/mol. The molecule has 0 aromatic heterocycles. The Morgan fingerprint density at radius 3 is 2.35 bits per heavy atom. The smallest absolute Gasteiger partial charge is 0.275 e. The maximum atomic E-state index is 14.2. The number of allylic oxidation sites excluding steroid dienone is 3.